The van der Waals surface area contributed by atoms with E-state index in [9.17, 15) is 9.59 Å². The highest BCUT2D eigenvalue weighted by Crippen LogP contribution is 2.08. The molecule has 1 aromatic rings. The lowest BCUT2D eigenvalue weighted by Crippen LogP contribution is -2.48. The quantitative estimate of drug-likeness (QED) is 0.728. The molecular formula is C12H16N4O2. The second-order valence-electron chi connectivity index (χ2n) is 4.17. The first-order valence-corrected chi connectivity index (χ1v) is 5.88. The highest BCUT2D eigenvalue weighted by molar-refractivity contribution is 5.94. The van der Waals surface area contributed by atoms with E-state index in [0.717, 1.165) is 6.41 Å². The molecule has 0 spiro atoms. The molecule has 1 aliphatic heterocycles. The predicted molar refractivity (Wildman–Crippen MR) is 65.7 cm³/mol. The topological polar surface area (TPSA) is 79.5 Å². The summed E-state index contributed by atoms with van der Waals surface area (Å²) in [5, 5.41) is 0. The van der Waals surface area contributed by atoms with Crippen LogP contribution in [-0.2, 0) is 11.3 Å². The summed E-state index contributed by atoms with van der Waals surface area (Å²) >= 11 is 0. The molecule has 96 valence electrons. The van der Waals surface area contributed by atoms with Gasteiger partial charge in [0.2, 0.25) is 6.41 Å². The van der Waals surface area contributed by atoms with Crippen molar-refractivity contribution in [3.8, 4) is 0 Å². The van der Waals surface area contributed by atoms with E-state index in [-0.39, 0.29) is 5.91 Å². The molecular weight excluding hydrogens is 232 g/mol. The minimum atomic E-state index is -0.0300. The van der Waals surface area contributed by atoms with Crippen LogP contribution in [0.5, 0.6) is 0 Å². The SMILES string of the molecule is NCc1cc(C(=O)N2CCN(C=O)CC2)ccn1. The van der Waals surface area contributed by atoms with Gasteiger partial charge in [-0.1, -0.05) is 0 Å². The van der Waals surface area contributed by atoms with Gasteiger partial charge in [-0.05, 0) is 12.1 Å². The van der Waals surface area contributed by atoms with Gasteiger partial charge in [-0.2, -0.15) is 0 Å². The van der Waals surface area contributed by atoms with Crippen molar-refractivity contribution in [2.24, 2.45) is 5.73 Å². The van der Waals surface area contributed by atoms with E-state index in [1.54, 1.807) is 28.1 Å². The maximum absolute atomic E-state index is 12.2. The third kappa shape index (κ3) is 2.65. The van der Waals surface area contributed by atoms with Crippen LogP contribution in [0.3, 0.4) is 0 Å². The molecule has 1 aromatic heterocycles. The lowest BCUT2D eigenvalue weighted by Gasteiger charge is -2.32. The van der Waals surface area contributed by atoms with E-state index >= 15 is 0 Å². The van der Waals surface area contributed by atoms with E-state index < -0.39 is 0 Å². The Balaban J connectivity index is 2.05. The number of hydrogen-bond donors (Lipinski definition) is 1. The van der Waals surface area contributed by atoms with Crippen LogP contribution >= 0.6 is 0 Å². The van der Waals surface area contributed by atoms with Gasteiger partial charge in [-0.25, -0.2) is 0 Å². The largest absolute Gasteiger partial charge is 0.342 e. The fourth-order valence-corrected chi connectivity index (χ4v) is 1.94. The fraction of sp³-hybridized carbons (Fsp3) is 0.417. The Hall–Kier alpha value is -1.95. The van der Waals surface area contributed by atoms with Crippen LogP contribution in [0, 0.1) is 0 Å². The smallest absolute Gasteiger partial charge is 0.254 e. The predicted octanol–water partition coefficient (Wildman–Crippen LogP) is -0.545. The summed E-state index contributed by atoms with van der Waals surface area (Å²) in [6, 6.07) is 3.40. The number of pyridine rings is 1. The number of carbonyl (C=O) groups excluding carboxylic acids is 2. The molecule has 0 aliphatic carbocycles. The third-order valence-electron chi connectivity index (χ3n) is 3.02. The molecule has 6 heteroatoms. The number of aromatic nitrogens is 1. The molecule has 0 saturated carbocycles. The molecule has 2 amide bonds. The second-order valence-corrected chi connectivity index (χ2v) is 4.17. The van der Waals surface area contributed by atoms with E-state index in [0.29, 0.717) is 44.0 Å². The molecule has 18 heavy (non-hydrogen) atoms. The summed E-state index contributed by atoms with van der Waals surface area (Å²) in [5.74, 6) is -0.0300. The van der Waals surface area contributed by atoms with Gasteiger partial charge in [-0.3, -0.25) is 14.6 Å². The van der Waals surface area contributed by atoms with Crippen LogP contribution in [0.2, 0.25) is 0 Å². The zero-order valence-electron chi connectivity index (χ0n) is 10.1. The van der Waals surface area contributed by atoms with Crippen molar-refractivity contribution in [2.45, 2.75) is 6.54 Å². The van der Waals surface area contributed by atoms with Crippen LogP contribution in [0.15, 0.2) is 18.3 Å². The molecule has 2 rings (SSSR count). The van der Waals surface area contributed by atoms with E-state index in [1.807, 2.05) is 0 Å². The zero-order valence-corrected chi connectivity index (χ0v) is 10.1. The molecule has 1 saturated heterocycles. The summed E-state index contributed by atoms with van der Waals surface area (Å²) in [6.45, 7) is 2.63. The number of nitrogens with zero attached hydrogens (tertiary/aromatic N) is 3. The van der Waals surface area contributed by atoms with Gasteiger partial charge in [0.15, 0.2) is 0 Å². The van der Waals surface area contributed by atoms with Crippen molar-refractivity contribution in [1.29, 1.82) is 0 Å². The van der Waals surface area contributed by atoms with Crippen molar-refractivity contribution >= 4 is 12.3 Å². The molecule has 6 nitrogen and oxygen atoms in total. The maximum atomic E-state index is 12.2. The highest BCUT2D eigenvalue weighted by Gasteiger charge is 2.21. The minimum Gasteiger partial charge on any atom is -0.342 e. The Morgan fingerprint density at radius 2 is 2.11 bits per heavy atom. The van der Waals surface area contributed by atoms with Crippen LogP contribution in [-0.4, -0.2) is 53.3 Å². The zero-order chi connectivity index (χ0) is 13.0. The molecule has 0 unspecified atom stereocenters. The van der Waals surface area contributed by atoms with Gasteiger partial charge in [-0.15, -0.1) is 0 Å². The molecule has 1 fully saturated rings. The molecule has 2 heterocycles. The van der Waals surface area contributed by atoms with Crippen LogP contribution in [0.25, 0.3) is 0 Å². The molecule has 2 N–H and O–H groups in total. The number of carbonyl (C=O) groups is 2. The van der Waals surface area contributed by atoms with Crippen molar-refractivity contribution in [2.75, 3.05) is 26.2 Å². The van der Waals surface area contributed by atoms with Crippen molar-refractivity contribution in [3.05, 3.63) is 29.6 Å². The summed E-state index contributed by atoms with van der Waals surface area (Å²) in [7, 11) is 0. The Bertz CT molecular complexity index is 441. The van der Waals surface area contributed by atoms with E-state index in [2.05, 4.69) is 4.98 Å². The van der Waals surface area contributed by atoms with Gasteiger partial charge >= 0.3 is 0 Å². The standard InChI is InChI=1S/C12H16N4O2/c13-8-11-7-10(1-2-14-11)12(18)16-5-3-15(9-17)4-6-16/h1-2,7,9H,3-6,8,13H2. The van der Waals surface area contributed by atoms with E-state index in [1.165, 1.54) is 0 Å². The first-order chi connectivity index (χ1) is 8.74. The summed E-state index contributed by atoms with van der Waals surface area (Å²) in [4.78, 5) is 30.3. The number of rotatable bonds is 3. The number of amides is 2. The van der Waals surface area contributed by atoms with Crippen LogP contribution in [0.1, 0.15) is 16.1 Å². The molecule has 0 radical (unpaired) electrons. The fourth-order valence-electron chi connectivity index (χ4n) is 1.94. The van der Waals surface area contributed by atoms with Gasteiger partial charge in [0, 0.05) is 44.5 Å². The van der Waals surface area contributed by atoms with Gasteiger partial charge < -0.3 is 15.5 Å². The summed E-state index contributed by atoms with van der Waals surface area (Å²) in [6.07, 6.45) is 2.41. The molecule has 0 aromatic carbocycles. The van der Waals surface area contributed by atoms with Gasteiger partial charge in [0.25, 0.3) is 5.91 Å². The van der Waals surface area contributed by atoms with Gasteiger partial charge in [0.1, 0.15) is 0 Å². The summed E-state index contributed by atoms with van der Waals surface area (Å²) < 4.78 is 0. The maximum Gasteiger partial charge on any atom is 0.254 e. The Kier molecular flexibility index (Phi) is 3.88. The number of nitrogens with two attached hydrogens (primary N) is 1. The second kappa shape index (κ2) is 5.59. The normalized spacial score (nSPS) is 15.6. The number of hydrogen-bond acceptors (Lipinski definition) is 4. The first-order valence-electron chi connectivity index (χ1n) is 5.88. The lowest BCUT2D eigenvalue weighted by atomic mass is 10.2. The first kappa shape index (κ1) is 12.5. The van der Waals surface area contributed by atoms with Crippen LogP contribution < -0.4 is 5.73 Å². The number of piperazine rings is 1. The van der Waals surface area contributed by atoms with Crippen molar-refractivity contribution < 1.29 is 9.59 Å². The van der Waals surface area contributed by atoms with Crippen LogP contribution in [0.4, 0.5) is 0 Å². The van der Waals surface area contributed by atoms with Crippen molar-refractivity contribution in [3.63, 3.8) is 0 Å². The lowest BCUT2D eigenvalue weighted by molar-refractivity contribution is -0.119. The molecule has 0 bridgehead atoms. The highest BCUT2D eigenvalue weighted by atomic mass is 16.2. The third-order valence-corrected chi connectivity index (χ3v) is 3.02. The average molecular weight is 248 g/mol. The average Bonchev–Trinajstić information content (AvgIpc) is 2.46. The van der Waals surface area contributed by atoms with Crippen molar-refractivity contribution in [1.82, 2.24) is 14.8 Å². The van der Waals surface area contributed by atoms with E-state index in [4.69, 9.17) is 5.73 Å². The summed E-state index contributed by atoms with van der Waals surface area (Å²) in [5.41, 5.74) is 6.80. The Morgan fingerprint density at radius 1 is 1.39 bits per heavy atom. The molecule has 0 atom stereocenters. The minimum absolute atomic E-state index is 0.0300. The molecule has 1 aliphatic rings. The monoisotopic (exact) mass is 248 g/mol. The Labute approximate surface area is 105 Å². The van der Waals surface area contributed by atoms with Gasteiger partial charge in [0.05, 0.1) is 5.69 Å². The Morgan fingerprint density at radius 3 is 2.72 bits per heavy atom.